The molecule has 0 fully saturated rings. The van der Waals surface area contributed by atoms with Crippen molar-refractivity contribution in [2.75, 3.05) is 5.33 Å². The molecule has 1 heterocycles. The van der Waals surface area contributed by atoms with Gasteiger partial charge in [-0.15, -0.1) is 0 Å². The lowest BCUT2D eigenvalue weighted by Gasteiger charge is -2.02. The van der Waals surface area contributed by atoms with Gasteiger partial charge in [0.1, 0.15) is 5.78 Å². The summed E-state index contributed by atoms with van der Waals surface area (Å²) in [6, 6.07) is 15.2. The predicted molar refractivity (Wildman–Crippen MR) is 126 cm³/mol. The molecule has 3 rings (SSSR count). The Balaban J connectivity index is 0.000000222. The number of alkyl halides is 1. The first kappa shape index (κ1) is 24.3. The van der Waals surface area contributed by atoms with E-state index in [1.807, 2.05) is 48.5 Å². The van der Waals surface area contributed by atoms with Crippen LogP contribution in [0.4, 0.5) is 0 Å². The lowest BCUT2D eigenvalue weighted by Crippen LogP contribution is -2.09. The molecule has 2 aromatic carbocycles. The van der Waals surface area contributed by atoms with Crippen LogP contribution in [0.3, 0.4) is 0 Å². The quantitative estimate of drug-likeness (QED) is 0.333. The number of aromatic nitrogens is 2. The van der Waals surface area contributed by atoms with E-state index in [4.69, 9.17) is 23.2 Å². The summed E-state index contributed by atoms with van der Waals surface area (Å²) in [6.45, 7) is 0.396. The second-order valence-corrected chi connectivity index (χ2v) is 8.13. The van der Waals surface area contributed by atoms with Crippen molar-refractivity contribution < 1.29 is 9.59 Å². The molecule has 0 radical (unpaired) electrons. The number of rotatable bonds is 9. The van der Waals surface area contributed by atoms with Gasteiger partial charge in [-0.25, -0.2) is 4.98 Å². The Morgan fingerprint density at radius 1 is 0.833 bits per heavy atom. The van der Waals surface area contributed by atoms with Crippen LogP contribution in [-0.4, -0.2) is 26.4 Å². The highest BCUT2D eigenvalue weighted by Crippen LogP contribution is 2.12. The summed E-state index contributed by atoms with van der Waals surface area (Å²) in [6.07, 6.45) is 7.80. The molecule has 7 heteroatoms. The van der Waals surface area contributed by atoms with Crippen LogP contribution in [0.2, 0.25) is 10.0 Å². The van der Waals surface area contributed by atoms with E-state index >= 15 is 0 Å². The molecule has 0 saturated carbocycles. The van der Waals surface area contributed by atoms with Gasteiger partial charge in [-0.1, -0.05) is 63.4 Å². The summed E-state index contributed by atoms with van der Waals surface area (Å²) < 4.78 is 1.78. The number of carbonyl (C=O) groups excluding carboxylic acids is 2. The van der Waals surface area contributed by atoms with Crippen molar-refractivity contribution in [2.45, 2.75) is 32.2 Å². The van der Waals surface area contributed by atoms with Crippen molar-refractivity contribution in [2.24, 2.45) is 0 Å². The zero-order valence-corrected chi connectivity index (χ0v) is 19.5. The van der Waals surface area contributed by atoms with E-state index in [0.717, 1.165) is 34.0 Å². The highest BCUT2D eigenvalue weighted by atomic mass is 79.9. The third kappa shape index (κ3) is 9.70. The van der Waals surface area contributed by atoms with Crippen molar-refractivity contribution in [1.82, 2.24) is 9.55 Å². The summed E-state index contributed by atoms with van der Waals surface area (Å²) in [5.41, 5.74) is 2.28. The number of aryl methyl sites for hydroxylation is 2. The van der Waals surface area contributed by atoms with Crippen molar-refractivity contribution >= 4 is 50.7 Å². The molecule has 0 aliphatic heterocycles. The van der Waals surface area contributed by atoms with Crippen molar-refractivity contribution in [1.29, 1.82) is 0 Å². The van der Waals surface area contributed by atoms with E-state index < -0.39 is 0 Å². The highest BCUT2D eigenvalue weighted by molar-refractivity contribution is 9.09. The Labute approximate surface area is 195 Å². The molecule has 0 aliphatic rings. The number of hydrogen-bond acceptors (Lipinski definition) is 3. The number of carbonyl (C=O) groups is 2. The van der Waals surface area contributed by atoms with Gasteiger partial charge in [0.05, 0.1) is 18.2 Å². The lowest BCUT2D eigenvalue weighted by molar-refractivity contribution is -0.119. The maximum Gasteiger partial charge on any atom is 0.152 e. The van der Waals surface area contributed by atoms with Gasteiger partial charge in [0.15, 0.2) is 5.78 Å². The van der Waals surface area contributed by atoms with E-state index in [0.29, 0.717) is 24.7 Å². The average Bonchev–Trinajstić information content (AvgIpc) is 3.26. The predicted octanol–water partition coefficient (Wildman–Crippen LogP) is 5.98. The Morgan fingerprint density at radius 2 is 1.33 bits per heavy atom. The molecular formula is C23H23BrCl2N2O2. The Kier molecular flexibility index (Phi) is 10.8. The molecule has 3 aromatic rings. The summed E-state index contributed by atoms with van der Waals surface area (Å²) in [4.78, 5) is 26.6. The molecule has 30 heavy (non-hydrogen) atoms. The minimum absolute atomic E-state index is 0.206. The fourth-order valence-corrected chi connectivity index (χ4v) is 3.13. The summed E-state index contributed by atoms with van der Waals surface area (Å²) in [5.74, 6) is 0.438. The van der Waals surface area contributed by atoms with E-state index in [9.17, 15) is 9.59 Å². The topological polar surface area (TPSA) is 52.0 Å². The van der Waals surface area contributed by atoms with Gasteiger partial charge in [-0.3, -0.25) is 9.59 Å². The zero-order valence-electron chi connectivity index (χ0n) is 16.4. The number of benzene rings is 2. The van der Waals surface area contributed by atoms with Crippen LogP contribution in [0, 0.1) is 0 Å². The van der Waals surface area contributed by atoms with Crippen LogP contribution in [-0.2, 0) is 29.0 Å². The van der Waals surface area contributed by atoms with Crippen LogP contribution >= 0.6 is 39.1 Å². The van der Waals surface area contributed by atoms with Gasteiger partial charge < -0.3 is 4.57 Å². The maximum absolute atomic E-state index is 11.7. The molecule has 158 valence electrons. The van der Waals surface area contributed by atoms with Crippen molar-refractivity contribution in [3.63, 3.8) is 0 Å². The smallest absolute Gasteiger partial charge is 0.152 e. The lowest BCUT2D eigenvalue weighted by atomic mass is 10.1. The largest absolute Gasteiger partial charge is 0.330 e. The highest BCUT2D eigenvalue weighted by Gasteiger charge is 2.03. The van der Waals surface area contributed by atoms with Gasteiger partial charge in [-0.2, -0.15) is 0 Å². The first-order valence-electron chi connectivity index (χ1n) is 9.50. The molecule has 0 unspecified atom stereocenters. The second kappa shape index (κ2) is 13.4. The van der Waals surface area contributed by atoms with Gasteiger partial charge in [0.25, 0.3) is 0 Å². The fraction of sp³-hybridized carbons (Fsp3) is 0.261. The molecule has 0 aliphatic carbocycles. The van der Waals surface area contributed by atoms with Crippen LogP contribution in [0.1, 0.15) is 24.0 Å². The van der Waals surface area contributed by atoms with E-state index in [-0.39, 0.29) is 11.6 Å². The molecule has 1 aromatic heterocycles. The molecule has 0 saturated heterocycles. The number of hydrogen-bond donors (Lipinski definition) is 0. The van der Waals surface area contributed by atoms with E-state index in [1.165, 1.54) is 0 Å². The average molecular weight is 510 g/mol. The number of halogens is 3. The standard InChI is InChI=1S/C13H13ClN2O.C10H10BrClO/c14-12-4-1-11(2-5-12)3-6-13(17)9-16-8-7-15-10-16;11-7-10(13)6-3-8-1-4-9(12)5-2-8/h1-2,4-5,7-8,10H,3,6,9H2;1-2,4-5H,3,6-7H2. The molecule has 4 nitrogen and oxygen atoms in total. The molecule has 0 N–H and O–H groups in total. The molecular weight excluding hydrogens is 487 g/mol. The summed E-state index contributed by atoms with van der Waals surface area (Å²) >= 11 is 14.6. The molecule has 0 amide bonds. The van der Waals surface area contributed by atoms with Crippen LogP contribution in [0.5, 0.6) is 0 Å². The van der Waals surface area contributed by atoms with Gasteiger partial charge >= 0.3 is 0 Å². The van der Waals surface area contributed by atoms with E-state index in [1.54, 1.807) is 23.3 Å². The summed E-state index contributed by atoms with van der Waals surface area (Å²) in [7, 11) is 0. The SMILES string of the molecule is O=C(CBr)CCc1ccc(Cl)cc1.O=C(CCc1ccc(Cl)cc1)Cn1ccnc1. The first-order chi connectivity index (χ1) is 14.5. The number of nitrogens with zero attached hydrogens (tertiary/aromatic N) is 2. The van der Waals surface area contributed by atoms with Crippen LogP contribution < -0.4 is 0 Å². The second-order valence-electron chi connectivity index (χ2n) is 6.70. The minimum atomic E-state index is 0.206. The van der Waals surface area contributed by atoms with Crippen LogP contribution in [0.25, 0.3) is 0 Å². The molecule has 0 atom stereocenters. The third-order valence-corrected chi connectivity index (χ3v) is 5.41. The number of Topliss-reactive ketones (excluding diaryl/α,β-unsaturated/α-hetero) is 2. The Morgan fingerprint density at radius 3 is 1.77 bits per heavy atom. The van der Waals surface area contributed by atoms with Crippen LogP contribution in [0.15, 0.2) is 67.3 Å². The summed E-state index contributed by atoms with van der Waals surface area (Å²) in [5, 5.41) is 1.90. The van der Waals surface area contributed by atoms with Gasteiger partial charge in [-0.05, 0) is 48.2 Å². The monoisotopic (exact) mass is 508 g/mol. The van der Waals surface area contributed by atoms with Crippen molar-refractivity contribution in [3.8, 4) is 0 Å². The van der Waals surface area contributed by atoms with Gasteiger partial charge in [0, 0.05) is 35.3 Å². The third-order valence-electron chi connectivity index (χ3n) is 4.28. The zero-order chi connectivity index (χ0) is 21.8. The normalized spacial score (nSPS) is 10.2. The molecule has 0 spiro atoms. The Bertz CT molecular complexity index is 911. The number of ketones is 2. The van der Waals surface area contributed by atoms with Crippen molar-refractivity contribution in [3.05, 3.63) is 88.4 Å². The first-order valence-corrected chi connectivity index (χ1v) is 11.4. The molecule has 0 bridgehead atoms. The number of imidazole rings is 1. The van der Waals surface area contributed by atoms with Gasteiger partial charge in [0.2, 0.25) is 0 Å². The Hall–Kier alpha value is -1.95. The maximum atomic E-state index is 11.7. The fourth-order valence-electron chi connectivity index (χ4n) is 2.60. The minimum Gasteiger partial charge on any atom is -0.330 e. The van der Waals surface area contributed by atoms with E-state index in [2.05, 4.69) is 20.9 Å².